The molecule has 11 heavy (non-hydrogen) atoms. The molecule has 1 aliphatic rings. The summed E-state index contributed by atoms with van der Waals surface area (Å²) in [5.74, 6) is 0.479. The second-order valence-electron chi connectivity index (χ2n) is 3.17. The predicted octanol–water partition coefficient (Wildman–Crippen LogP) is 0.923. The molecule has 1 aliphatic carbocycles. The summed E-state index contributed by atoms with van der Waals surface area (Å²) in [6.07, 6.45) is 7.52. The molecular formula is C9H17NO. The van der Waals surface area contributed by atoms with E-state index in [2.05, 4.69) is 17.5 Å². The van der Waals surface area contributed by atoms with E-state index in [0.717, 1.165) is 25.8 Å². The third-order valence-corrected chi connectivity index (χ3v) is 2.27. The van der Waals surface area contributed by atoms with Crippen molar-refractivity contribution in [1.29, 1.82) is 0 Å². The van der Waals surface area contributed by atoms with E-state index in [4.69, 9.17) is 0 Å². The minimum atomic E-state index is -0.162. The van der Waals surface area contributed by atoms with Crippen LogP contribution in [0.1, 0.15) is 19.3 Å². The molecule has 2 atom stereocenters. The Morgan fingerprint density at radius 1 is 1.64 bits per heavy atom. The Kier molecular flexibility index (Phi) is 3.60. The molecule has 0 bridgehead atoms. The van der Waals surface area contributed by atoms with E-state index in [9.17, 15) is 5.11 Å². The van der Waals surface area contributed by atoms with Gasteiger partial charge in [0.05, 0.1) is 6.10 Å². The smallest absolute Gasteiger partial charge is 0.0695 e. The molecule has 0 amide bonds. The maximum Gasteiger partial charge on any atom is 0.0695 e. The van der Waals surface area contributed by atoms with Crippen LogP contribution in [0.4, 0.5) is 0 Å². The molecule has 2 N–H and O–H groups in total. The van der Waals surface area contributed by atoms with E-state index in [1.165, 1.54) is 0 Å². The van der Waals surface area contributed by atoms with Crippen molar-refractivity contribution in [2.45, 2.75) is 25.4 Å². The van der Waals surface area contributed by atoms with Crippen LogP contribution in [0, 0.1) is 5.92 Å². The molecule has 2 unspecified atom stereocenters. The van der Waals surface area contributed by atoms with Gasteiger partial charge in [-0.15, -0.1) is 0 Å². The minimum absolute atomic E-state index is 0.162. The first-order valence-electron chi connectivity index (χ1n) is 4.32. The highest BCUT2D eigenvalue weighted by Crippen LogP contribution is 2.21. The third kappa shape index (κ3) is 2.64. The van der Waals surface area contributed by atoms with Gasteiger partial charge in [-0.3, -0.25) is 0 Å². The number of nitrogens with one attached hydrogen (secondary N) is 1. The second kappa shape index (κ2) is 4.52. The zero-order valence-electron chi connectivity index (χ0n) is 7.09. The quantitative estimate of drug-likeness (QED) is 0.594. The normalized spacial score (nSPS) is 26.9. The number of likely N-dealkylation sites (N-methyl/N-ethyl adjacent to an activating group) is 1. The van der Waals surface area contributed by atoms with E-state index in [-0.39, 0.29) is 6.10 Å². The Bertz CT molecular complexity index is 134. The first-order chi connectivity index (χ1) is 5.34. The molecule has 0 aromatic rings. The van der Waals surface area contributed by atoms with Crippen molar-refractivity contribution in [3.8, 4) is 0 Å². The van der Waals surface area contributed by atoms with Gasteiger partial charge in [0.25, 0.3) is 0 Å². The molecule has 0 saturated heterocycles. The van der Waals surface area contributed by atoms with Crippen molar-refractivity contribution in [3.05, 3.63) is 12.2 Å². The number of rotatable bonds is 3. The number of aliphatic hydroxyl groups excluding tert-OH is 1. The topological polar surface area (TPSA) is 32.3 Å². The Labute approximate surface area is 68.3 Å². The van der Waals surface area contributed by atoms with Crippen molar-refractivity contribution >= 4 is 0 Å². The maximum absolute atomic E-state index is 9.58. The zero-order chi connectivity index (χ0) is 8.10. The summed E-state index contributed by atoms with van der Waals surface area (Å²) in [5, 5.41) is 12.6. The van der Waals surface area contributed by atoms with E-state index in [1.807, 2.05) is 7.05 Å². The van der Waals surface area contributed by atoms with Crippen LogP contribution >= 0.6 is 0 Å². The molecule has 0 aliphatic heterocycles. The Morgan fingerprint density at radius 3 is 3.00 bits per heavy atom. The summed E-state index contributed by atoms with van der Waals surface area (Å²) in [5.41, 5.74) is 0. The monoisotopic (exact) mass is 155 g/mol. The lowest BCUT2D eigenvalue weighted by Crippen LogP contribution is -2.31. The highest BCUT2D eigenvalue weighted by atomic mass is 16.3. The van der Waals surface area contributed by atoms with Gasteiger partial charge < -0.3 is 10.4 Å². The average molecular weight is 155 g/mol. The summed E-state index contributed by atoms with van der Waals surface area (Å²) in [7, 11) is 1.88. The van der Waals surface area contributed by atoms with Crippen LogP contribution in [0.25, 0.3) is 0 Å². The number of hydrogen-bond donors (Lipinski definition) is 2. The highest BCUT2D eigenvalue weighted by molar-refractivity contribution is 4.92. The van der Waals surface area contributed by atoms with E-state index in [1.54, 1.807) is 0 Å². The van der Waals surface area contributed by atoms with Gasteiger partial charge in [-0.05, 0) is 32.2 Å². The van der Waals surface area contributed by atoms with E-state index < -0.39 is 0 Å². The van der Waals surface area contributed by atoms with Crippen molar-refractivity contribution in [1.82, 2.24) is 5.32 Å². The van der Waals surface area contributed by atoms with Crippen LogP contribution in [-0.4, -0.2) is 24.8 Å². The summed E-state index contributed by atoms with van der Waals surface area (Å²) in [6.45, 7) is 0.721. The average Bonchev–Trinajstić information content (AvgIpc) is 2.07. The Balaban J connectivity index is 2.28. The fraction of sp³-hybridized carbons (Fsp3) is 0.778. The number of aliphatic hydroxyl groups is 1. The van der Waals surface area contributed by atoms with Crippen LogP contribution in [0.2, 0.25) is 0 Å². The van der Waals surface area contributed by atoms with Crippen LogP contribution in [-0.2, 0) is 0 Å². The van der Waals surface area contributed by atoms with Gasteiger partial charge in [0, 0.05) is 6.54 Å². The van der Waals surface area contributed by atoms with Crippen molar-refractivity contribution in [3.63, 3.8) is 0 Å². The van der Waals surface area contributed by atoms with E-state index >= 15 is 0 Å². The Hall–Kier alpha value is -0.340. The van der Waals surface area contributed by atoms with Crippen LogP contribution in [0.3, 0.4) is 0 Å². The summed E-state index contributed by atoms with van der Waals surface area (Å²) in [6, 6.07) is 0. The molecule has 64 valence electrons. The largest absolute Gasteiger partial charge is 0.392 e. The van der Waals surface area contributed by atoms with Crippen LogP contribution < -0.4 is 5.32 Å². The minimum Gasteiger partial charge on any atom is -0.392 e. The van der Waals surface area contributed by atoms with Crippen LogP contribution in [0.5, 0.6) is 0 Å². The van der Waals surface area contributed by atoms with Gasteiger partial charge >= 0.3 is 0 Å². The molecule has 0 aromatic carbocycles. The molecule has 0 radical (unpaired) electrons. The molecule has 0 spiro atoms. The fourth-order valence-electron chi connectivity index (χ4n) is 1.54. The standard InChI is InChI=1S/C9H17NO/c1-10-7-9(11)8-5-3-2-4-6-8/h2-3,8-11H,4-7H2,1H3. The summed E-state index contributed by atoms with van der Waals surface area (Å²) < 4.78 is 0. The third-order valence-electron chi connectivity index (χ3n) is 2.27. The van der Waals surface area contributed by atoms with Gasteiger partial charge in [0.2, 0.25) is 0 Å². The van der Waals surface area contributed by atoms with Crippen molar-refractivity contribution < 1.29 is 5.11 Å². The molecule has 0 saturated carbocycles. The molecule has 0 aromatic heterocycles. The van der Waals surface area contributed by atoms with Crippen molar-refractivity contribution in [2.75, 3.05) is 13.6 Å². The highest BCUT2D eigenvalue weighted by Gasteiger charge is 2.17. The van der Waals surface area contributed by atoms with Crippen molar-refractivity contribution in [2.24, 2.45) is 5.92 Å². The van der Waals surface area contributed by atoms with Gasteiger partial charge in [0.15, 0.2) is 0 Å². The first kappa shape index (κ1) is 8.75. The fourth-order valence-corrected chi connectivity index (χ4v) is 1.54. The Morgan fingerprint density at radius 2 is 2.45 bits per heavy atom. The molecule has 1 rings (SSSR count). The number of hydrogen-bond acceptors (Lipinski definition) is 2. The molecule has 0 fully saturated rings. The van der Waals surface area contributed by atoms with Crippen LogP contribution in [0.15, 0.2) is 12.2 Å². The maximum atomic E-state index is 9.58. The van der Waals surface area contributed by atoms with E-state index in [0.29, 0.717) is 5.92 Å². The SMILES string of the molecule is CNCC(O)C1CC=CCC1. The lowest BCUT2D eigenvalue weighted by atomic mass is 9.89. The lowest BCUT2D eigenvalue weighted by molar-refractivity contribution is 0.103. The lowest BCUT2D eigenvalue weighted by Gasteiger charge is -2.23. The molecular weight excluding hydrogens is 138 g/mol. The van der Waals surface area contributed by atoms with Gasteiger partial charge in [-0.1, -0.05) is 12.2 Å². The molecule has 0 heterocycles. The second-order valence-corrected chi connectivity index (χ2v) is 3.17. The summed E-state index contributed by atoms with van der Waals surface area (Å²) in [4.78, 5) is 0. The van der Waals surface area contributed by atoms with Gasteiger partial charge in [-0.25, -0.2) is 0 Å². The zero-order valence-corrected chi connectivity index (χ0v) is 7.09. The predicted molar refractivity (Wildman–Crippen MR) is 46.4 cm³/mol. The summed E-state index contributed by atoms with van der Waals surface area (Å²) >= 11 is 0. The molecule has 2 heteroatoms. The van der Waals surface area contributed by atoms with Gasteiger partial charge in [-0.2, -0.15) is 0 Å². The van der Waals surface area contributed by atoms with Gasteiger partial charge in [0.1, 0.15) is 0 Å². The molecule has 2 nitrogen and oxygen atoms in total. The first-order valence-corrected chi connectivity index (χ1v) is 4.32. The number of allylic oxidation sites excluding steroid dienone is 2.